The lowest BCUT2D eigenvalue weighted by atomic mass is 10.0. The molecule has 0 aliphatic heterocycles. The minimum absolute atomic E-state index is 0.175. The summed E-state index contributed by atoms with van der Waals surface area (Å²) in [4.78, 5) is 27.3. The predicted molar refractivity (Wildman–Crippen MR) is 97.1 cm³/mol. The molecular formula is C19H17ClN2O3. The Balaban J connectivity index is 1.85. The smallest absolute Gasteiger partial charge is 0.326 e. The zero-order valence-electron chi connectivity index (χ0n) is 13.5. The van der Waals surface area contributed by atoms with Crippen molar-refractivity contribution in [2.75, 3.05) is 0 Å². The van der Waals surface area contributed by atoms with E-state index in [4.69, 9.17) is 11.6 Å². The fourth-order valence-electron chi connectivity index (χ4n) is 2.87. The molecule has 0 saturated carbocycles. The van der Waals surface area contributed by atoms with Crippen LogP contribution < -0.4 is 5.32 Å². The van der Waals surface area contributed by atoms with E-state index in [0.717, 1.165) is 16.5 Å². The monoisotopic (exact) mass is 356 g/mol. The van der Waals surface area contributed by atoms with E-state index in [1.165, 1.54) is 0 Å². The average molecular weight is 357 g/mol. The van der Waals surface area contributed by atoms with Crippen molar-refractivity contribution < 1.29 is 14.7 Å². The minimum atomic E-state index is -1.09. The van der Waals surface area contributed by atoms with Crippen LogP contribution >= 0.6 is 11.6 Å². The number of amides is 1. The van der Waals surface area contributed by atoms with Gasteiger partial charge in [0, 0.05) is 23.5 Å². The van der Waals surface area contributed by atoms with E-state index >= 15 is 0 Å². The summed E-state index contributed by atoms with van der Waals surface area (Å²) in [5.74, 6) is -1.58. The number of aryl methyl sites for hydroxylation is 1. The molecule has 0 spiro atoms. The Morgan fingerprint density at radius 2 is 1.96 bits per heavy atom. The van der Waals surface area contributed by atoms with Gasteiger partial charge in [-0.1, -0.05) is 41.9 Å². The van der Waals surface area contributed by atoms with Crippen LogP contribution in [0.3, 0.4) is 0 Å². The van der Waals surface area contributed by atoms with E-state index in [1.807, 2.05) is 24.3 Å². The number of carboxylic acids is 1. The van der Waals surface area contributed by atoms with E-state index in [1.54, 1.807) is 31.3 Å². The number of fused-ring (bicyclic) bond motifs is 1. The number of carboxylic acid groups (broad SMARTS) is 1. The molecule has 25 heavy (non-hydrogen) atoms. The third kappa shape index (κ3) is 3.51. The Morgan fingerprint density at radius 1 is 1.20 bits per heavy atom. The van der Waals surface area contributed by atoms with Crippen LogP contribution in [-0.2, 0) is 11.2 Å². The van der Waals surface area contributed by atoms with Crippen molar-refractivity contribution in [2.45, 2.75) is 19.4 Å². The number of hydrogen-bond acceptors (Lipinski definition) is 2. The molecule has 0 aliphatic rings. The summed E-state index contributed by atoms with van der Waals surface area (Å²) in [5, 5.41) is 13.3. The SMILES string of the molecule is Cc1cccc(Cl)c1C(=O)N[C@@H](Cc1c[nH]c2ccccc12)C(=O)O. The van der Waals surface area contributed by atoms with Crippen LogP contribution in [0, 0.1) is 6.92 Å². The molecule has 2 aromatic carbocycles. The number of para-hydroxylation sites is 1. The lowest BCUT2D eigenvalue weighted by molar-refractivity contribution is -0.139. The molecule has 1 atom stereocenters. The summed E-state index contributed by atoms with van der Waals surface area (Å²) in [5.41, 5.74) is 2.75. The summed E-state index contributed by atoms with van der Waals surface area (Å²) < 4.78 is 0. The second kappa shape index (κ2) is 6.99. The number of aliphatic carboxylic acids is 1. The van der Waals surface area contributed by atoms with Gasteiger partial charge in [0.25, 0.3) is 5.91 Å². The van der Waals surface area contributed by atoms with Crippen LogP contribution in [0.4, 0.5) is 0 Å². The van der Waals surface area contributed by atoms with Crippen molar-refractivity contribution in [3.8, 4) is 0 Å². The van der Waals surface area contributed by atoms with Gasteiger partial charge < -0.3 is 15.4 Å². The molecule has 1 amide bonds. The maximum absolute atomic E-state index is 12.5. The second-order valence-electron chi connectivity index (χ2n) is 5.86. The van der Waals surface area contributed by atoms with Crippen molar-refractivity contribution in [3.05, 3.63) is 70.4 Å². The number of carbonyl (C=O) groups excluding carboxylic acids is 1. The highest BCUT2D eigenvalue weighted by Crippen LogP contribution is 2.21. The first-order valence-electron chi connectivity index (χ1n) is 7.81. The maximum atomic E-state index is 12.5. The molecule has 5 nitrogen and oxygen atoms in total. The second-order valence-corrected chi connectivity index (χ2v) is 6.27. The standard InChI is InChI=1S/C19H17ClN2O3/c1-11-5-4-7-14(20)17(11)18(23)22-16(19(24)25)9-12-10-21-15-8-3-2-6-13(12)15/h2-8,10,16,21H,9H2,1H3,(H,22,23)(H,24,25)/t16-/m0/s1. The molecule has 0 saturated heterocycles. The van der Waals surface area contributed by atoms with E-state index < -0.39 is 17.9 Å². The third-order valence-electron chi connectivity index (χ3n) is 4.15. The van der Waals surface area contributed by atoms with Crippen LogP contribution in [0.15, 0.2) is 48.7 Å². The van der Waals surface area contributed by atoms with Gasteiger partial charge in [-0.3, -0.25) is 4.79 Å². The Morgan fingerprint density at radius 3 is 2.68 bits per heavy atom. The summed E-state index contributed by atoms with van der Waals surface area (Å²) in [6.07, 6.45) is 1.95. The van der Waals surface area contributed by atoms with Gasteiger partial charge in [0.05, 0.1) is 10.6 Å². The predicted octanol–water partition coefficient (Wildman–Crippen LogP) is 3.56. The lowest BCUT2D eigenvalue weighted by Crippen LogP contribution is -2.42. The Labute approximate surface area is 149 Å². The van der Waals surface area contributed by atoms with Gasteiger partial charge in [0.2, 0.25) is 0 Å². The number of halogens is 1. The highest BCUT2D eigenvalue weighted by Gasteiger charge is 2.24. The first-order chi connectivity index (χ1) is 12.0. The van der Waals surface area contributed by atoms with Gasteiger partial charge >= 0.3 is 5.97 Å². The fraction of sp³-hybridized carbons (Fsp3) is 0.158. The zero-order valence-corrected chi connectivity index (χ0v) is 14.3. The van der Waals surface area contributed by atoms with Crippen LogP contribution in [0.5, 0.6) is 0 Å². The van der Waals surface area contributed by atoms with Crippen molar-refractivity contribution in [1.29, 1.82) is 0 Å². The van der Waals surface area contributed by atoms with Gasteiger partial charge in [-0.2, -0.15) is 0 Å². The van der Waals surface area contributed by atoms with Gasteiger partial charge in [0.15, 0.2) is 0 Å². The first-order valence-corrected chi connectivity index (χ1v) is 8.19. The van der Waals surface area contributed by atoms with Crippen molar-refractivity contribution >= 4 is 34.4 Å². The molecule has 1 aromatic heterocycles. The number of nitrogens with one attached hydrogen (secondary N) is 2. The molecule has 6 heteroatoms. The largest absolute Gasteiger partial charge is 0.480 e. The molecule has 3 aromatic rings. The number of rotatable bonds is 5. The Hall–Kier alpha value is -2.79. The first kappa shape index (κ1) is 17.0. The van der Waals surface area contributed by atoms with Crippen molar-refractivity contribution in [2.24, 2.45) is 0 Å². The summed E-state index contributed by atoms with van der Waals surface area (Å²) in [7, 11) is 0. The van der Waals surface area contributed by atoms with Gasteiger partial charge in [-0.25, -0.2) is 4.79 Å². The van der Waals surface area contributed by atoms with Crippen LogP contribution in [-0.4, -0.2) is 28.0 Å². The summed E-state index contributed by atoms with van der Waals surface area (Å²) >= 11 is 6.10. The summed E-state index contributed by atoms with van der Waals surface area (Å²) in [6.45, 7) is 1.76. The van der Waals surface area contributed by atoms with Crippen molar-refractivity contribution in [3.63, 3.8) is 0 Å². The molecule has 3 rings (SSSR count). The van der Waals surface area contributed by atoms with E-state index in [9.17, 15) is 14.7 Å². The number of carbonyl (C=O) groups is 2. The Kier molecular flexibility index (Phi) is 4.76. The van der Waals surface area contributed by atoms with Gasteiger partial charge in [0.1, 0.15) is 6.04 Å². The fourth-order valence-corrected chi connectivity index (χ4v) is 3.18. The molecule has 0 radical (unpaired) electrons. The number of aromatic amines is 1. The maximum Gasteiger partial charge on any atom is 0.326 e. The molecule has 128 valence electrons. The molecule has 3 N–H and O–H groups in total. The third-order valence-corrected chi connectivity index (χ3v) is 4.47. The van der Waals surface area contributed by atoms with E-state index in [-0.39, 0.29) is 6.42 Å². The average Bonchev–Trinajstić information content (AvgIpc) is 2.97. The molecule has 0 bridgehead atoms. The number of H-pyrrole nitrogens is 1. The quantitative estimate of drug-likeness (QED) is 0.653. The highest BCUT2D eigenvalue weighted by molar-refractivity contribution is 6.34. The van der Waals surface area contributed by atoms with E-state index in [2.05, 4.69) is 10.3 Å². The molecule has 0 unspecified atom stereocenters. The Bertz CT molecular complexity index is 928. The van der Waals surface area contributed by atoms with Gasteiger partial charge in [-0.15, -0.1) is 0 Å². The number of hydrogen-bond donors (Lipinski definition) is 3. The van der Waals surface area contributed by atoms with Crippen LogP contribution in [0.2, 0.25) is 5.02 Å². The normalized spacial score (nSPS) is 12.1. The van der Waals surface area contributed by atoms with E-state index in [0.29, 0.717) is 16.1 Å². The lowest BCUT2D eigenvalue weighted by Gasteiger charge is -2.16. The number of aromatic nitrogens is 1. The molecular weight excluding hydrogens is 340 g/mol. The minimum Gasteiger partial charge on any atom is -0.480 e. The van der Waals surface area contributed by atoms with Crippen LogP contribution in [0.1, 0.15) is 21.5 Å². The van der Waals surface area contributed by atoms with Crippen molar-refractivity contribution in [1.82, 2.24) is 10.3 Å². The molecule has 0 aliphatic carbocycles. The topological polar surface area (TPSA) is 82.2 Å². The van der Waals surface area contributed by atoms with Gasteiger partial charge in [-0.05, 0) is 30.2 Å². The van der Waals surface area contributed by atoms with Crippen LogP contribution in [0.25, 0.3) is 10.9 Å². The zero-order chi connectivity index (χ0) is 18.0. The number of benzene rings is 2. The highest BCUT2D eigenvalue weighted by atomic mass is 35.5. The molecule has 1 heterocycles. The molecule has 0 fully saturated rings. The summed E-state index contributed by atoms with van der Waals surface area (Å²) in [6, 6.07) is 11.7.